The maximum Gasteiger partial charge on any atom is 0.226 e. The Balaban J connectivity index is 1.95. The SMILES string of the molecule is CC1(C)C(C(=O)N2CCC(CO)CC2)C1(C)C. The summed E-state index contributed by atoms with van der Waals surface area (Å²) in [4.78, 5) is 14.5. The third-order valence-corrected chi connectivity index (χ3v) is 5.45. The van der Waals surface area contributed by atoms with E-state index in [1.165, 1.54) is 0 Å². The number of carbonyl (C=O) groups excluding carboxylic acids is 1. The predicted molar refractivity (Wildman–Crippen MR) is 67.4 cm³/mol. The quantitative estimate of drug-likeness (QED) is 0.799. The van der Waals surface area contributed by atoms with Gasteiger partial charge in [0.15, 0.2) is 0 Å². The number of rotatable bonds is 2. The van der Waals surface area contributed by atoms with Gasteiger partial charge < -0.3 is 10.0 Å². The lowest BCUT2D eigenvalue weighted by Gasteiger charge is -2.31. The molecule has 0 bridgehead atoms. The number of hydrogen-bond acceptors (Lipinski definition) is 2. The molecular formula is C14H25NO2. The Morgan fingerprint density at radius 2 is 1.65 bits per heavy atom. The van der Waals surface area contributed by atoms with E-state index < -0.39 is 0 Å². The minimum absolute atomic E-state index is 0.137. The van der Waals surface area contributed by atoms with Gasteiger partial charge in [-0.15, -0.1) is 0 Å². The van der Waals surface area contributed by atoms with Gasteiger partial charge in [-0.1, -0.05) is 27.7 Å². The standard InChI is InChI=1S/C14H25NO2/c1-13(2)11(14(13,3)4)12(17)15-7-5-10(9-16)6-8-15/h10-11,16H,5-9H2,1-4H3. The molecule has 0 unspecified atom stereocenters. The third-order valence-electron chi connectivity index (χ3n) is 5.45. The normalized spacial score (nSPS) is 28.2. The van der Waals surface area contributed by atoms with Gasteiger partial charge in [-0.25, -0.2) is 0 Å². The molecule has 17 heavy (non-hydrogen) atoms. The first-order valence-electron chi connectivity index (χ1n) is 6.72. The second-order valence-electron chi connectivity index (χ2n) is 6.83. The zero-order valence-electron chi connectivity index (χ0n) is 11.5. The van der Waals surface area contributed by atoms with Gasteiger partial charge in [-0.05, 0) is 29.6 Å². The zero-order valence-corrected chi connectivity index (χ0v) is 11.5. The minimum Gasteiger partial charge on any atom is -0.396 e. The molecule has 0 aromatic carbocycles. The first kappa shape index (κ1) is 12.9. The number of carbonyl (C=O) groups is 1. The van der Waals surface area contributed by atoms with Gasteiger partial charge in [0.2, 0.25) is 5.91 Å². The molecule has 1 saturated carbocycles. The summed E-state index contributed by atoms with van der Waals surface area (Å²) in [5, 5.41) is 9.10. The van der Waals surface area contributed by atoms with Gasteiger partial charge in [0, 0.05) is 25.6 Å². The van der Waals surface area contributed by atoms with Crippen LogP contribution in [0, 0.1) is 22.7 Å². The second kappa shape index (κ2) is 3.98. The Kier molecular flexibility index (Phi) is 3.01. The summed E-state index contributed by atoms with van der Waals surface area (Å²) in [6, 6.07) is 0. The molecular weight excluding hydrogens is 214 g/mol. The van der Waals surface area contributed by atoms with E-state index in [9.17, 15) is 4.79 Å². The summed E-state index contributed by atoms with van der Waals surface area (Å²) in [7, 11) is 0. The number of piperidine rings is 1. The maximum absolute atomic E-state index is 12.5. The van der Waals surface area contributed by atoms with Crippen molar-refractivity contribution in [2.24, 2.45) is 22.7 Å². The van der Waals surface area contributed by atoms with Crippen LogP contribution in [0.25, 0.3) is 0 Å². The Morgan fingerprint density at radius 3 is 2.00 bits per heavy atom. The third kappa shape index (κ3) is 1.88. The molecule has 2 rings (SSSR count). The molecule has 0 atom stereocenters. The highest BCUT2D eigenvalue weighted by molar-refractivity contribution is 5.84. The van der Waals surface area contributed by atoms with Crippen LogP contribution in [0.4, 0.5) is 0 Å². The van der Waals surface area contributed by atoms with Crippen molar-refractivity contribution in [2.75, 3.05) is 19.7 Å². The highest BCUT2D eigenvalue weighted by Crippen LogP contribution is 2.68. The van der Waals surface area contributed by atoms with Crippen LogP contribution in [0.1, 0.15) is 40.5 Å². The molecule has 1 heterocycles. The molecule has 1 saturated heterocycles. The van der Waals surface area contributed by atoms with Crippen molar-refractivity contribution in [3.63, 3.8) is 0 Å². The smallest absolute Gasteiger partial charge is 0.226 e. The van der Waals surface area contributed by atoms with Crippen LogP contribution in [0.15, 0.2) is 0 Å². The second-order valence-corrected chi connectivity index (χ2v) is 6.83. The molecule has 0 spiro atoms. The van der Waals surface area contributed by atoms with Crippen molar-refractivity contribution >= 4 is 5.91 Å². The lowest BCUT2D eigenvalue weighted by Crippen LogP contribution is -2.41. The summed E-state index contributed by atoms with van der Waals surface area (Å²) in [6.07, 6.45) is 1.91. The van der Waals surface area contributed by atoms with E-state index in [-0.39, 0.29) is 23.4 Å². The number of hydrogen-bond donors (Lipinski definition) is 1. The molecule has 0 radical (unpaired) electrons. The average Bonchev–Trinajstić information content (AvgIpc) is 2.69. The monoisotopic (exact) mass is 239 g/mol. The Hall–Kier alpha value is -0.570. The molecule has 0 aromatic heterocycles. The minimum atomic E-state index is 0.137. The zero-order chi connectivity index (χ0) is 12.8. The predicted octanol–water partition coefficient (Wildman–Crippen LogP) is 1.90. The van der Waals surface area contributed by atoms with Crippen molar-refractivity contribution in [3.05, 3.63) is 0 Å². The lowest BCUT2D eigenvalue weighted by molar-refractivity contribution is -0.135. The summed E-state index contributed by atoms with van der Waals surface area (Å²) < 4.78 is 0. The number of nitrogens with zero attached hydrogens (tertiary/aromatic N) is 1. The highest BCUT2D eigenvalue weighted by Gasteiger charge is 2.68. The van der Waals surface area contributed by atoms with E-state index in [1.807, 2.05) is 4.90 Å². The van der Waals surface area contributed by atoms with Crippen LogP contribution < -0.4 is 0 Å². The largest absolute Gasteiger partial charge is 0.396 e. The first-order valence-corrected chi connectivity index (χ1v) is 6.72. The Bertz CT molecular complexity index is 300. The molecule has 1 N–H and O–H groups in total. The van der Waals surface area contributed by atoms with Crippen molar-refractivity contribution in [2.45, 2.75) is 40.5 Å². The average molecular weight is 239 g/mol. The highest BCUT2D eigenvalue weighted by atomic mass is 16.3. The van der Waals surface area contributed by atoms with Crippen molar-refractivity contribution in [1.29, 1.82) is 0 Å². The lowest BCUT2D eigenvalue weighted by atomic mass is 9.97. The number of likely N-dealkylation sites (tertiary alicyclic amines) is 1. The van der Waals surface area contributed by atoms with E-state index in [0.717, 1.165) is 25.9 Å². The molecule has 1 aliphatic carbocycles. The van der Waals surface area contributed by atoms with Gasteiger partial charge in [0.25, 0.3) is 0 Å². The molecule has 3 heteroatoms. The Morgan fingerprint density at radius 1 is 1.18 bits per heavy atom. The van der Waals surface area contributed by atoms with E-state index in [4.69, 9.17) is 5.11 Å². The van der Waals surface area contributed by atoms with Gasteiger partial charge in [0.05, 0.1) is 0 Å². The van der Waals surface area contributed by atoms with Crippen molar-refractivity contribution in [1.82, 2.24) is 4.90 Å². The summed E-state index contributed by atoms with van der Waals surface area (Å²) in [6.45, 7) is 10.7. The number of aliphatic hydroxyl groups excluding tert-OH is 1. The fourth-order valence-electron chi connectivity index (χ4n) is 3.33. The molecule has 2 fully saturated rings. The summed E-state index contributed by atoms with van der Waals surface area (Å²) in [5.74, 6) is 0.913. The molecule has 1 aliphatic heterocycles. The Labute approximate surface area is 104 Å². The maximum atomic E-state index is 12.5. The van der Waals surface area contributed by atoms with Gasteiger partial charge in [0.1, 0.15) is 0 Å². The van der Waals surface area contributed by atoms with Gasteiger partial charge in [-0.2, -0.15) is 0 Å². The van der Waals surface area contributed by atoms with E-state index in [1.54, 1.807) is 0 Å². The van der Waals surface area contributed by atoms with Crippen LogP contribution >= 0.6 is 0 Å². The fourth-order valence-corrected chi connectivity index (χ4v) is 3.33. The topological polar surface area (TPSA) is 40.5 Å². The van der Waals surface area contributed by atoms with E-state index in [2.05, 4.69) is 27.7 Å². The summed E-state index contributed by atoms with van der Waals surface area (Å²) >= 11 is 0. The number of aliphatic hydroxyl groups is 1. The fraction of sp³-hybridized carbons (Fsp3) is 0.929. The van der Waals surface area contributed by atoms with Crippen LogP contribution in [0.5, 0.6) is 0 Å². The van der Waals surface area contributed by atoms with Crippen LogP contribution in [-0.2, 0) is 4.79 Å². The van der Waals surface area contributed by atoms with Crippen LogP contribution in [0.2, 0.25) is 0 Å². The van der Waals surface area contributed by atoms with E-state index in [0.29, 0.717) is 11.8 Å². The number of amides is 1. The van der Waals surface area contributed by atoms with Crippen LogP contribution in [-0.4, -0.2) is 35.6 Å². The van der Waals surface area contributed by atoms with Gasteiger partial charge >= 0.3 is 0 Å². The molecule has 1 amide bonds. The first-order chi connectivity index (χ1) is 7.82. The molecule has 0 aromatic rings. The van der Waals surface area contributed by atoms with E-state index >= 15 is 0 Å². The van der Waals surface area contributed by atoms with Crippen molar-refractivity contribution < 1.29 is 9.90 Å². The van der Waals surface area contributed by atoms with Gasteiger partial charge in [-0.3, -0.25) is 4.79 Å². The van der Waals surface area contributed by atoms with Crippen LogP contribution in [0.3, 0.4) is 0 Å². The molecule has 3 nitrogen and oxygen atoms in total. The van der Waals surface area contributed by atoms with Crippen molar-refractivity contribution in [3.8, 4) is 0 Å². The molecule has 98 valence electrons. The molecule has 2 aliphatic rings. The summed E-state index contributed by atoms with van der Waals surface area (Å²) in [5.41, 5.74) is 0.274.